The number of carbonyl (C=O) groups is 1. The fraction of sp³-hybridized carbons (Fsp3) is 0.294. The van der Waals surface area contributed by atoms with Crippen molar-refractivity contribution in [2.24, 2.45) is 0 Å². The summed E-state index contributed by atoms with van der Waals surface area (Å²) in [6.45, 7) is 3.43. The molecule has 0 bridgehead atoms. The topological polar surface area (TPSA) is 33.2 Å². The summed E-state index contributed by atoms with van der Waals surface area (Å²) >= 11 is 6.28. The van der Waals surface area contributed by atoms with Gasteiger partial charge in [-0.05, 0) is 37.1 Å². The average molecular weight is 301 g/mol. The molecule has 1 aromatic carbocycles. The molecule has 1 saturated heterocycles. The lowest BCUT2D eigenvalue weighted by Crippen LogP contribution is -2.20. The third-order valence-corrected chi connectivity index (χ3v) is 4.36. The van der Waals surface area contributed by atoms with Gasteiger partial charge < -0.3 is 4.90 Å². The van der Waals surface area contributed by atoms with Gasteiger partial charge in [-0.2, -0.15) is 0 Å². The number of hydrogen-bond donors (Lipinski definition) is 0. The van der Waals surface area contributed by atoms with Gasteiger partial charge in [0.1, 0.15) is 5.82 Å². The molecule has 0 amide bonds. The molecule has 0 N–H and O–H groups in total. The predicted octanol–water partition coefficient (Wildman–Crippen LogP) is 3.93. The van der Waals surface area contributed by atoms with Crippen LogP contribution in [-0.2, 0) is 0 Å². The maximum Gasteiger partial charge on any atom is 0.161 e. The molecule has 0 radical (unpaired) electrons. The predicted molar refractivity (Wildman–Crippen MR) is 85.3 cm³/mol. The Morgan fingerprint density at radius 2 is 2.10 bits per heavy atom. The van der Waals surface area contributed by atoms with E-state index in [0.29, 0.717) is 11.5 Å². The first-order valence-corrected chi connectivity index (χ1v) is 7.49. The SMILES string of the molecule is CC(=O)c1ccc(N2CC[C@@H](c3ccccc3Cl)C2)nc1. The Labute approximate surface area is 129 Å². The zero-order valence-corrected chi connectivity index (χ0v) is 12.7. The van der Waals surface area contributed by atoms with Crippen molar-refractivity contribution >= 4 is 23.2 Å². The third kappa shape index (κ3) is 2.93. The van der Waals surface area contributed by atoms with Gasteiger partial charge in [0.05, 0.1) is 0 Å². The number of halogens is 1. The Morgan fingerprint density at radius 1 is 1.29 bits per heavy atom. The summed E-state index contributed by atoms with van der Waals surface area (Å²) in [5.41, 5.74) is 1.86. The Kier molecular flexibility index (Phi) is 3.93. The standard InChI is InChI=1S/C17H17ClN2O/c1-12(21)13-6-7-17(19-10-13)20-9-8-14(11-20)15-4-2-3-5-16(15)18/h2-7,10,14H,8-9,11H2,1H3/t14-/m1/s1. The second-order valence-corrected chi connectivity index (χ2v) is 5.82. The van der Waals surface area contributed by atoms with Crippen molar-refractivity contribution in [1.82, 2.24) is 4.98 Å². The monoisotopic (exact) mass is 300 g/mol. The Hall–Kier alpha value is -1.87. The smallest absolute Gasteiger partial charge is 0.161 e. The first-order chi connectivity index (χ1) is 10.1. The fourth-order valence-electron chi connectivity index (χ4n) is 2.81. The lowest BCUT2D eigenvalue weighted by atomic mass is 9.98. The molecule has 3 nitrogen and oxygen atoms in total. The molecule has 1 atom stereocenters. The van der Waals surface area contributed by atoms with E-state index in [0.717, 1.165) is 30.4 Å². The molecule has 1 aliphatic rings. The molecule has 0 spiro atoms. The summed E-state index contributed by atoms with van der Waals surface area (Å²) in [5, 5.41) is 0.837. The van der Waals surface area contributed by atoms with Gasteiger partial charge in [-0.25, -0.2) is 4.98 Å². The fourth-order valence-corrected chi connectivity index (χ4v) is 3.10. The van der Waals surface area contributed by atoms with Crippen LogP contribution in [0.15, 0.2) is 42.6 Å². The molecule has 0 saturated carbocycles. The van der Waals surface area contributed by atoms with Gasteiger partial charge >= 0.3 is 0 Å². The van der Waals surface area contributed by atoms with Gasteiger partial charge in [0.15, 0.2) is 5.78 Å². The molecule has 3 rings (SSSR count). The highest BCUT2D eigenvalue weighted by atomic mass is 35.5. The number of anilines is 1. The number of ketones is 1. The molecule has 2 aromatic rings. The highest BCUT2D eigenvalue weighted by Crippen LogP contribution is 2.33. The van der Waals surface area contributed by atoms with Crippen LogP contribution in [0.4, 0.5) is 5.82 Å². The van der Waals surface area contributed by atoms with Crippen molar-refractivity contribution in [2.45, 2.75) is 19.3 Å². The lowest BCUT2D eigenvalue weighted by molar-refractivity contribution is 0.101. The first-order valence-electron chi connectivity index (χ1n) is 7.11. The van der Waals surface area contributed by atoms with Gasteiger partial charge in [-0.15, -0.1) is 0 Å². The second kappa shape index (κ2) is 5.86. The van der Waals surface area contributed by atoms with Crippen LogP contribution in [0.3, 0.4) is 0 Å². The van der Waals surface area contributed by atoms with Crippen molar-refractivity contribution in [3.8, 4) is 0 Å². The molecule has 4 heteroatoms. The molecule has 1 aliphatic heterocycles. The van der Waals surface area contributed by atoms with Gasteiger partial charge in [-0.3, -0.25) is 4.79 Å². The molecule has 21 heavy (non-hydrogen) atoms. The van der Waals surface area contributed by atoms with E-state index in [4.69, 9.17) is 11.6 Å². The number of nitrogens with zero attached hydrogens (tertiary/aromatic N) is 2. The zero-order valence-electron chi connectivity index (χ0n) is 11.9. The molecule has 0 aliphatic carbocycles. The van der Waals surface area contributed by atoms with Gasteiger partial charge in [0, 0.05) is 35.8 Å². The largest absolute Gasteiger partial charge is 0.356 e. The van der Waals surface area contributed by atoms with Crippen molar-refractivity contribution in [3.63, 3.8) is 0 Å². The van der Waals surface area contributed by atoms with Crippen LogP contribution >= 0.6 is 11.6 Å². The Bertz CT molecular complexity index is 654. The molecule has 0 unspecified atom stereocenters. The van der Waals surface area contributed by atoms with Crippen LogP contribution in [0.2, 0.25) is 5.02 Å². The van der Waals surface area contributed by atoms with Gasteiger partial charge in [-0.1, -0.05) is 29.8 Å². The van der Waals surface area contributed by atoms with Crippen molar-refractivity contribution in [2.75, 3.05) is 18.0 Å². The number of aromatic nitrogens is 1. The number of carbonyl (C=O) groups excluding carboxylic acids is 1. The molecule has 108 valence electrons. The molecule has 2 heterocycles. The molecular formula is C17H17ClN2O. The first kappa shape index (κ1) is 14.1. The molecule has 1 fully saturated rings. The summed E-state index contributed by atoms with van der Waals surface area (Å²) in [6.07, 6.45) is 2.72. The highest BCUT2D eigenvalue weighted by Gasteiger charge is 2.26. The van der Waals surface area contributed by atoms with E-state index < -0.39 is 0 Å². The second-order valence-electron chi connectivity index (χ2n) is 5.41. The van der Waals surface area contributed by atoms with E-state index in [-0.39, 0.29) is 5.78 Å². The number of Topliss-reactive ketones (excluding diaryl/α,β-unsaturated/α-hetero) is 1. The summed E-state index contributed by atoms with van der Waals surface area (Å²) in [4.78, 5) is 17.9. The zero-order chi connectivity index (χ0) is 14.8. The van der Waals surface area contributed by atoms with Crippen LogP contribution < -0.4 is 4.90 Å². The van der Waals surface area contributed by atoms with E-state index in [9.17, 15) is 4.79 Å². The van der Waals surface area contributed by atoms with E-state index in [1.54, 1.807) is 13.1 Å². The maximum atomic E-state index is 11.3. The highest BCUT2D eigenvalue weighted by molar-refractivity contribution is 6.31. The van der Waals surface area contributed by atoms with E-state index >= 15 is 0 Å². The minimum absolute atomic E-state index is 0.0458. The Morgan fingerprint density at radius 3 is 2.76 bits per heavy atom. The molecule has 1 aromatic heterocycles. The summed E-state index contributed by atoms with van der Waals surface area (Å²) < 4.78 is 0. The maximum absolute atomic E-state index is 11.3. The van der Waals surface area contributed by atoms with Crippen LogP contribution in [0.1, 0.15) is 35.2 Å². The minimum Gasteiger partial charge on any atom is -0.356 e. The van der Waals surface area contributed by atoms with Gasteiger partial charge in [0.25, 0.3) is 0 Å². The number of benzene rings is 1. The summed E-state index contributed by atoms with van der Waals surface area (Å²) in [6, 6.07) is 11.8. The van der Waals surface area contributed by atoms with Crippen molar-refractivity contribution in [3.05, 3.63) is 58.7 Å². The van der Waals surface area contributed by atoms with Crippen LogP contribution in [-0.4, -0.2) is 23.9 Å². The van der Waals surface area contributed by atoms with E-state index in [2.05, 4.69) is 16.0 Å². The summed E-state index contributed by atoms with van der Waals surface area (Å²) in [5.74, 6) is 1.41. The van der Waals surface area contributed by atoms with Gasteiger partial charge in [0.2, 0.25) is 0 Å². The lowest BCUT2D eigenvalue weighted by Gasteiger charge is -2.18. The normalized spacial score (nSPS) is 18.0. The van der Waals surface area contributed by atoms with Crippen molar-refractivity contribution < 1.29 is 4.79 Å². The van der Waals surface area contributed by atoms with E-state index in [1.165, 1.54) is 5.56 Å². The summed E-state index contributed by atoms with van der Waals surface area (Å²) in [7, 11) is 0. The minimum atomic E-state index is 0.0458. The Balaban J connectivity index is 1.75. The third-order valence-electron chi connectivity index (χ3n) is 4.01. The van der Waals surface area contributed by atoms with Crippen LogP contribution in [0.5, 0.6) is 0 Å². The average Bonchev–Trinajstić information content (AvgIpc) is 2.97. The van der Waals surface area contributed by atoms with Crippen LogP contribution in [0.25, 0.3) is 0 Å². The molecular weight excluding hydrogens is 284 g/mol. The number of hydrogen-bond acceptors (Lipinski definition) is 3. The number of pyridine rings is 1. The van der Waals surface area contributed by atoms with E-state index in [1.807, 2.05) is 30.3 Å². The van der Waals surface area contributed by atoms with Crippen molar-refractivity contribution in [1.29, 1.82) is 0 Å². The van der Waals surface area contributed by atoms with Crippen LogP contribution in [0, 0.1) is 0 Å². The quantitative estimate of drug-likeness (QED) is 0.805. The number of rotatable bonds is 3.